The van der Waals surface area contributed by atoms with Gasteiger partial charge < -0.3 is 10.5 Å². The molecule has 3 nitrogen and oxygen atoms in total. The molecule has 0 aliphatic heterocycles. The second-order valence-corrected chi connectivity index (χ2v) is 5.68. The lowest BCUT2D eigenvalue weighted by Gasteiger charge is -2.29. The molecule has 0 amide bonds. The number of ether oxygens (including phenoxy) is 1. The van der Waals surface area contributed by atoms with Gasteiger partial charge in [0.1, 0.15) is 0 Å². The highest BCUT2D eigenvalue weighted by atomic mass is 35.5. The van der Waals surface area contributed by atoms with Gasteiger partial charge in [0.15, 0.2) is 0 Å². The van der Waals surface area contributed by atoms with E-state index in [0.717, 1.165) is 16.7 Å². The minimum Gasteiger partial charge on any atom is -0.469 e. The molecule has 0 saturated heterocycles. The lowest BCUT2D eigenvalue weighted by molar-refractivity contribution is -0.152. The van der Waals surface area contributed by atoms with Gasteiger partial charge in [0, 0.05) is 6.04 Å². The first-order valence-electron chi connectivity index (χ1n) is 6.96. The summed E-state index contributed by atoms with van der Waals surface area (Å²) in [5, 5.41) is 0. The number of hydrogen-bond acceptors (Lipinski definition) is 3. The van der Waals surface area contributed by atoms with Crippen LogP contribution in [0.5, 0.6) is 0 Å². The van der Waals surface area contributed by atoms with Crippen LogP contribution in [0.2, 0.25) is 0 Å². The van der Waals surface area contributed by atoms with Crippen LogP contribution in [-0.2, 0) is 9.53 Å². The molecule has 4 heteroatoms. The van der Waals surface area contributed by atoms with Gasteiger partial charge in [-0.1, -0.05) is 48.5 Å². The Hall–Kier alpha value is -1.84. The van der Waals surface area contributed by atoms with Crippen molar-refractivity contribution in [3.63, 3.8) is 0 Å². The first kappa shape index (κ1) is 18.2. The Morgan fingerprint density at radius 3 is 2.23 bits per heavy atom. The summed E-state index contributed by atoms with van der Waals surface area (Å²) in [5.74, 6) is -0.305. The van der Waals surface area contributed by atoms with Crippen LogP contribution in [0.15, 0.2) is 54.6 Å². The predicted molar refractivity (Wildman–Crippen MR) is 91.9 cm³/mol. The molecule has 2 aromatic rings. The molecule has 0 aliphatic carbocycles. The highest BCUT2D eigenvalue weighted by Crippen LogP contribution is 2.34. The van der Waals surface area contributed by atoms with Crippen LogP contribution in [-0.4, -0.2) is 13.1 Å². The van der Waals surface area contributed by atoms with Crippen LogP contribution >= 0.6 is 12.4 Å². The minimum absolute atomic E-state index is 0. The highest BCUT2D eigenvalue weighted by molar-refractivity contribution is 5.85. The maximum Gasteiger partial charge on any atom is 0.313 e. The molecular formula is C18H22ClNO2. The van der Waals surface area contributed by atoms with Crippen LogP contribution in [0, 0.1) is 5.41 Å². The molecular weight excluding hydrogens is 298 g/mol. The van der Waals surface area contributed by atoms with Crippen molar-refractivity contribution in [3.05, 3.63) is 60.2 Å². The van der Waals surface area contributed by atoms with Crippen LogP contribution < -0.4 is 5.73 Å². The number of hydrogen-bond donors (Lipinski definition) is 1. The van der Waals surface area contributed by atoms with Gasteiger partial charge in [-0.15, -0.1) is 12.4 Å². The van der Waals surface area contributed by atoms with E-state index in [2.05, 4.69) is 12.1 Å². The van der Waals surface area contributed by atoms with Gasteiger partial charge in [0.05, 0.1) is 12.5 Å². The summed E-state index contributed by atoms with van der Waals surface area (Å²) in [6, 6.07) is 17.6. The minimum atomic E-state index is -0.774. The molecule has 22 heavy (non-hydrogen) atoms. The fourth-order valence-electron chi connectivity index (χ4n) is 2.35. The fraction of sp³-hybridized carbons (Fsp3) is 0.278. The Morgan fingerprint density at radius 1 is 1.05 bits per heavy atom. The summed E-state index contributed by atoms with van der Waals surface area (Å²) >= 11 is 0. The molecule has 118 valence electrons. The van der Waals surface area contributed by atoms with E-state index < -0.39 is 11.5 Å². The smallest absolute Gasteiger partial charge is 0.313 e. The SMILES string of the molecule is COC(=O)C(C)(C)[C@H](N)c1cccc(-c2ccccc2)c1.Cl. The van der Waals surface area contributed by atoms with Gasteiger partial charge in [-0.2, -0.15) is 0 Å². The third-order valence-corrected chi connectivity index (χ3v) is 3.84. The van der Waals surface area contributed by atoms with Crippen molar-refractivity contribution in [1.82, 2.24) is 0 Å². The summed E-state index contributed by atoms with van der Waals surface area (Å²) in [6.45, 7) is 3.61. The first-order valence-corrected chi connectivity index (χ1v) is 6.96. The summed E-state index contributed by atoms with van der Waals surface area (Å²) in [6.07, 6.45) is 0. The molecule has 2 rings (SSSR count). The molecule has 0 aromatic heterocycles. The second kappa shape index (κ2) is 7.43. The number of nitrogens with two attached hydrogens (primary N) is 1. The number of benzene rings is 2. The zero-order valence-electron chi connectivity index (χ0n) is 13.1. The lowest BCUT2D eigenvalue weighted by atomic mass is 9.80. The predicted octanol–water partition coefficient (Wildman–Crippen LogP) is 3.97. The standard InChI is InChI=1S/C18H21NO2.ClH/c1-18(2,17(20)21-3)16(19)15-11-7-10-14(12-15)13-8-5-4-6-9-13;/h4-12,16H,19H2,1-3H3;1H/t16-;/m1./s1. The molecule has 1 atom stereocenters. The Kier molecular flexibility index (Phi) is 6.15. The Labute approximate surface area is 137 Å². The number of methoxy groups -OCH3 is 1. The van der Waals surface area contributed by atoms with Gasteiger partial charge in [-0.25, -0.2) is 0 Å². The molecule has 0 bridgehead atoms. The molecule has 2 aromatic carbocycles. The first-order chi connectivity index (χ1) is 9.96. The summed E-state index contributed by atoms with van der Waals surface area (Å²) in [5.41, 5.74) is 8.66. The van der Waals surface area contributed by atoms with Crippen LogP contribution in [0.1, 0.15) is 25.5 Å². The zero-order chi connectivity index (χ0) is 15.5. The van der Waals surface area contributed by atoms with E-state index in [0.29, 0.717) is 0 Å². The number of rotatable bonds is 4. The van der Waals surface area contributed by atoms with E-state index in [1.165, 1.54) is 7.11 Å². The van der Waals surface area contributed by atoms with Gasteiger partial charge in [0.2, 0.25) is 0 Å². The zero-order valence-corrected chi connectivity index (χ0v) is 13.9. The Balaban J connectivity index is 0.00000242. The van der Waals surface area contributed by atoms with Crippen LogP contribution in [0.3, 0.4) is 0 Å². The average Bonchev–Trinajstić information content (AvgIpc) is 2.54. The quantitative estimate of drug-likeness (QED) is 0.867. The molecule has 0 aliphatic rings. The maximum atomic E-state index is 11.9. The third-order valence-electron chi connectivity index (χ3n) is 3.84. The normalized spacial score (nSPS) is 12.2. The van der Waals surface area contributed by atoms with Gasteiger partial charge in [0.25, 0.3) is 0 Å². The van der Waals surface area contributed by atoms with Crippen molar-refractivity contribution in [2.45, 2.75) is 19.9 Å². The van der Waals surface area contributed by atoms with Crippen LogP contribution in [0.4, 0.5) is 0 Å². The summed E-state index contributed by atoms with van der Waals surface area (Å²) < 4.78 is 4.85. The number of carbonyl (C=O) groups excluding carboxylic acids is 1. The molecule has 2 N–H and O–H groups in total. The summed E-state index contributed by atoms with van der Waals surface area (Å²) in [4.78, 5) is 11.9. The van der Waals surface area contributed by atoms with E-state index in [1.807, 2.05) is 42.5 Å². The average molecular weight is 320 g/mol. The van der Waals surface area contributed by atoms with Crippen molar-refractivity contribution < 1.29 is 9.53 Å². The highest BCUT2D eigenvalue weighted by Gasteiger charge is 2.36. The van der Waals surface area contributed by atoms with E-state index in [-0.39, 0.29) is 18.4 Å². The Bertz CT molecular complexity index is 626. The van der Waals surface area contributed by atoms with Crippen molar-refractivity contribution in [2.75, 3.05) is 7.11 Å². The molecule has 0 radical (unpaired) electrons. The largest absolute Gasteiger partial charge is 0.469 e. The van der Waals surface area contributed by atoms with Crippen LogP contribution in [0.25, 0.3) is 11.1 Å². The molecule has 0 heterocycles. The topological polar surface area (TPSA) is 52.3 Å². The molecule has 0 saturated carbocycles. The monoisotopic (exact) mass is 319 g/mol. The van der Waals surface area contributed by atoms with Crippen molar-refractivity contribution >= 4 is 18.4 Å². The van der Waals surface area contributed by atoms with Gasteiger partial charge >= 0.3 is 5.97 Å². The van der Waals surface area contributed by atoms with E-state index in [1.54, 1.807) is 13.8 Å². The molecule has 0 fully saturated rings. The number of esters is 1. The number of halogens is 1. The van der Waals surface area contributed by atoms with E-state index >= 15 is 0 Å². The molecule has 0 unspecified atom stereocenters. The second-order valence-electron chi connectivity index (χ2n) is 5.68. The lowest BCUT2D eigenvalue weighted by Crippen LogP contribution is -2.37. The van der Waals surface area contributed by atoms with Gasteiger partial charge in [-0.05, 0) is 36.6 Å². The fourth-order valence-corrected chi connectivity index (χ4v) is 2.35. The molecule has 0 spiro atoms. The van der Waals surface area contributed by atoms with E-state index in [4.69, 9.17) is 10.5 Å². The number of carbonyl (C=O) groups is 1. The van der Waals surface area contributed by atoms with Gasteiger partial charge in [-0.3, -0.25) is 4.79 Å². The Morgan fingerprint density at radius 2 is 1.64 bits per heavy atom. The third kappa shape index (κ3) is 3.67. The van der Waals surface area contributed by atoms with Crippen molar-refractivity contribution in [2.24, 2.45) is 11.1 Å². The van der Waals surface area contributed by atoms with Crippen molar-refractivity contribution in [1.29, 1.82) is 0 Å². The summed E-state index contributed by atoms with van der Waals surface area (Å²) in [7, 11) is 1.39. The van der Waals surface area contributed by atoms with E-state index in [9.17, 15) is 4.79 Å². The maximum absolute atomic E-state index is 11.9. The van der Waals surface area contributed by atoms with Crippen molar-refractivity contribution in [3.8, 4) is 11.1 Å².